The molecule has 138 valence electrons. The van der Waals surface area contributed by atoms with Crippen molar-refractivity contribution in [2.75, 3.05) is 18.4 Å². The fourth-order valence-electron chi connectivity index (χ4n) is 3.88. The van der Waals surface area contributed by atoms with Crippen LogP contribution < -0.4 is 5.32 Å². The lowest BCUT2D eigenvalue weighted by Gasteiger charge is -2.27. The first-order valence-electron chi connectivity index (χ1n) is 9.52. The van der Waals surface area contributed by atoms with Crippen LogP contribution in [-0.4, -0.2) is 29.8 Å². The topological polar surface area (TPSA) is 49.4 Å². The van der Waals surface area contributed by atoms with E-state index in [4.69, 9.17) is 0 Å². The van der Waals surface area contributed by atoms with Gasteiger partial charge in [-0.1, -0.05) is 12.5 Å². The minimum Gasteiger partial charge on any atom is -0.339 e. The van der Waals surface area contributed by atoms with Gasteiger partial charge in [0.2, 0.25) is 0 Å². The number of carbonyl (C=O) groups is 2. The summed E-state index contributed by atoms with van der Waals surface area (Å²) in [7, 11) is 0. The summed E-state index contributed by atoms with van der Waals surface area (Å²) in [4.78, 5) is 29.9. The molecule has 0 spiro atoms. The number of aryl methyl sites for hydroxylation is 1. The van der Waals surface area contributed by atoms with E-state index in [0.29, 0.717) is 4.88 Å². The van der Waals surface area contributed by atoms with Gasteiger partial charge in [-0.05, 0) is 62.0 Å². The number of carbonyl (C=O) groups excluding carboxylic acids is 2. The quantitative estimate of drug-likeness (QED) is 0.756. The van der Waals surface area contributed by atoms with Crippen LogP contribution in [0.15, 0.2) is 17.5 Å². The molecule has 2 aliphatic rings. The van der Waals surface area contributed by atoms with E-state index in [2.05, 4.69) is 5.32 Å². The zero-order valence-electron chi connectivity index (χ0n) is 14.9. The van der Waals surface area contributed by atoms with Crippen LogP contribution in [0.5, 0.6) is 0 Å². The van der Waals surface area contributed by atoms with Gasteiger partial charge in [0, 0.05) is 18.0 Å². The van der Waals surface area contributed by atoms with Crippen LogP contribution in [0.4, 0.5) is 5.00 Å². The molecular formula is C20H24N2O2S2. The first-order valence-corrected chi connectivity index (χ1v) is 11.2. The Kier molecular flexibility index (Phi) is 5.41. The Morgan fingerprint density at radius 2 is 1.77 bits per heavy atom. The second-order valence-corrected chi connectivity index (χ2v) is 9.11. The lowest BCUT2D eigenvalue weighted by Crippen LogP contribution is -2.36. The normalized spacial score (nSPS) is 17.5. The number of nitrogens with one attached hydrogen (secondary N) is 1. The van der Waals surface area contributed by atoms with Crippen molar-refractivity contribution in [2.45, 2.75) is 51.4 Å². The Bertz CT molecular complexity index is 789. The fourth-order valence-corrected chi connectivity index (χ4v) is 5.78. The smallest absolute Gasteiger partial charge is 0.266 e. The maximum Gasteiger partial charge on any atom is 0.266 e. The van der Waals surface area contributed by atoms with Crippen LogP contribution in [0.2, 0.25) is 0 Å². The number of thiophene rings is 2. The molecule has 2 aromatic rings. The standard InChI is InChI=1S/C20H24N2O2S2/c23-18(16-10-7-13-25-16)21-19-17(20(24)22-11-5-2-6-12-22)14-8-3-1-4-9-15(14)26-19/h7,10,13H,1-6,8-9,11-12H2,(H,21,23). The molecule has 1 N–H and O–H groups in total. The molecule has 0 saturated carbocycles. The van der Waals surface area contributed by atoms with Crippen LogP contribution in [0, 0.1) is 0 Å². The van der Waals surface area contributed by atoms with Gasteiger partial charge in [0.25, 0.3) is 11.8 Å². The third-order valence-corrected chi connectivity index (χ3v) is 7.33. The van der Waals surface area contributed by atoms with Crippen molar-refractivity contribution in [3.63, 3.8) is 0 Å². The maximum atomic E-state index is 13.3. The van der Waals surface area contributed by atoms with Crippen molar-refractivity contribution in [1.29, 1.82) is 0 Å². The first-order chi connectivity index (χ1) is 12.7. The van der Waals surface area contributed by atoms with E-state index in [-0.39, 0.29) is 11.8 Å². The molecule has 1 saturated heterocycles. The Balaban J connectivity index is 1.68. The average Bonchev–Trinajstić information content (AvgIpc) is 3.25. The summed E-state index contributed by atoms with van der Waals surface area (Å²) in [5.74, 6) is 0.00897. The monoisotopic (exact) mass is 388 g/mol. The second kappa shape index (κ2) is 7.92. The number of hydrogen-bond acceptors (Lipinski definition) is 4. The van der Waals surface area contributed by atoms with Gasteiger partial charge in [-0.2, -0.15) is 0 Å². The molecule has 0 atom stereocenters. The summed E-state index contributed by atoms with van der Waals surface area (Å²) in [6.45, 7) is 1.67. The molecule has 0 unspecified atom stereocenters. The molecule has 1 aliphatic carbocycles. The fraction of sp³-hybridized carbons (Fsp3) is 0.500. The van der Waals surface area contributed by atoms with Crippen molar-refractivity contribution in [3.05, 3.63) is 38.4 Å². The van der Waals surface area contributed by atoms with Gasteiger partial charge in [-0.3, -0.25) is 9.59 Å². The predicted octanol–water partition coefficient (Wildman–Crippen LogP) is 4.96. The Morgan fingerprint density at radius 1 is 1.00 bits per heavy atom. The number of anilines is 1. The van der Waals surface area contributed by atoms with Gasteiger partial charge in [0.15, 0.2) is 0 Å². The maximum absolute atomic E-state index is 13.3. The first kappa shape index (κ1) is 17.7. The molecule has 0 aromatic carbocycles. The van der Waals surface area contributed by atoms with E-state index in [1.165, 1.54) is 41.0 Å². The Morgan fingerprint density at radius 3 is 2.54 bits per heavy atom. The summed E-state index contributed by atoms with van der Waals surface area (Å²) in [5, 5.41) is 5.71. The molecular weight excluding hydrogens is 364 g/mol. The van der Waals surface area contributed by atoms with Crippen molar-refractivity contribution in [2.24, 2.45) is 0 Å². The molecule has 26 heavy (non-hydrogen) atoms. The molecule has 2 amide bonds. The lowest BCUT2D eigenvalue weighted by atomic mass is 10.0. The van der Waals surface area contributed by atoms with Gasteiger partial charge >= 0.3 is 0 Å². The number of piperidine rings is 1. The largest absolute Gasteiger partial charge is 0.339 e. The number of nitrogens with zero attached hydrogens (tertiary/aromatic N) is 1. The third kappa shape index (κ3) is 3.58. The second-order valence-electron chi connectivity index (χ2n) is 7.05. The SMILES string of the molecule is O=C(Nc1sc2c(c1C(=O)N1CCCCC1)CCCCC2)c1cccs1. The Labute approximate surface area is 162 Å². The van der Waals surface area contributed by atoms with E-state index in [0.717, 1.165) is 55.8 Å². The summed E-state index contributed by atoms with van der Waals surface area (Å²) in [6.07, 6.45) is 8.85. The van der Waals surface area contributed by atoms with Crippen molar-refractivity contribution >= 4 is 39.5 Å². The number of rotatable bonds is 3. The predicted molar refractivity (Wildman–Crippen MR) is 108 cm³/mol. The average molecular weight is 389 g/mol. The Hall–Kier alpha value is -1.66. The van der Waals surface area contributed by atoms with Crippen LogP contribution in [0.1, 0.15) is 69.0 Å². The van der Waals surface area contributed by atoms with Crippen LogP contribution in [-0.2, 0) is 12.8 Å². The minimum absolute atomic E-state index is 0.107. The van der Waals surface area contributed by atoms with E-state index >= 15 is 0 Å². The number of fused-ring (bicyclic) bond motifs is 1. The number of likely N-dealkylation sites (tertiary alicyclic amines) is 1. The van der Waals surface area contributed by atoms with Gasteiger partial charge in [0.05, 0.1) is 10.4 Å². The van der Waals surface area contributed by atoms with Crippen molar-refractivity contribution < 1.29 is 9.59 Å². The van der Waals surface area contributed by atoms with Gasteiger partial charge in [-0.15, -0.1) is 22.7 Å². The summed E-state index contributed by atoms with van der Waals surface area (Å²) in [5.41, 5.74) is 1.98. The van der Waals surface area contributed by atoms with Crippen LogP contribution in [0.3, 0.4) is 0 Å². The molecule has 3 heterocycles. The summed E-state index contributed by atoms with van der Waals surface area (Å²) < 4.78 is 0. The van der Waals surface area contributed by atoms with Crippen molar-refractivity contribution in [1.82, 2.24) is 4.90 Å². The zero-order valence-corrected chi connectivity index (χ0v) is 16.5. The molecule has 1 fully saturated rings. The van der Waals surface area contributed by atoms with Crippen molar-refractivity contribution in [3.8, 4) is 0 Å². The molecule has 0 radical (unpaired) electrons. The van der Waals surface area contributed by atoms with Crippen LogP contribution in [0.25, 0.3) is 0 Å². The number of hydrogen-bond donors (Lipinski definition) is 1. The van der Waals surface area contributed by atoms with E-state index in [1.807, 2.05) is 22.4 Å². The molecule has 4 nitrogen and oxygen atoms in total. The summed E-state index contributed by atoms with van der Waals surface area (Å²) in [6, 6.07) is 3.70. The molecule has 1 aliphatic heterocycles. The highest BCUT2D eigenvalue weighted by Crippen LogP contribution is 2.39. The highest BCUT2D eigenvalue weighted by atomic mass is 32.1. The molecule has 2 aromatic heterocycles. The van der Waals surface area contributed by atoms with Gasteiger partial charge in [-0.25, -0.2) is 0 Å². The molecule has 0 bridgehead atoms. The van der Waals surface area contributed by atoms with Gasteiger partial charge in [0.1, 0.15) is 5.00 Å². The van der Waals surface area contributed by atoms with Gasteiger partial charge < -0.3 is 10.2 Å². The van der Waals surface area contributed by atoms with E-state index in [1.54, 1.807) is 11.3 Å². The summed E-state index contributed by atoms with van der Waals surface area (Å²) >= 11 is 3.05. The molecule has 4 rings (SSSR count). The van der Waals surface area contributed by atoms with E-state index in [9.17, 15) is 9.59 Å². The number of amides is 2. The minimum atomic E-state index is -0.107. The molecule has 6 heteroatoms. The van der Waals surface area contributed by atoms with Crippen LogP contribution >= 0.6 is 22.7 Å². The highest BCUT2D eigenvalue weighted by Gasteiger charge is 2.29. The van der Waals surface area contributed by atoms with E-state index < -0.39 is 0 Å². The zero-order chi connectivity index (χ0) is 17.9. The lowest BCUT2D eigenvalue weighted by molar-refractivity contribution is 0.0724. The third-order valence-electron chi connectivity index (χ3n) is 5.25. The highest BCUT2D eigenvalue weighted by molar-refractivity contribution is 7.17.